The Kier molecular flexibility index (Phi) is 11.9. The highest BCUT2D eigenvalue weighted by molar-refractivity contribution is 8.03. The van der Waals surface area contributed by atoms with Crippen LogP contribution in [0.3, 0.4) is 0 Å². The van der Waals surface area contributed by atoms with Gasteiger partial charge in [0, 0.05) is 40.7 Å². The van der Waals surface area contributed by atoms with Gasteiger partial charge in [0.05, 0.1) is 33.3 Å². The maximum atomic E-state index is 11.8. The molecule has 0 bridgehead atoms. The van der Waals surface area contributed by atoms with Crippen molar-refractivity contribution in [3.8, 4) is 0 Å². The first-order chi connectivity index (χ1) is 30.0. The summed E-state index contributed by atoms with van der Waals surface area (Å²) in [5.41, 5.74) is 7.42. The van der Waals surface area contributed by atoms with Crippen molar-refractivity contribution in [2.24, 2.45) is 0 Å². The van der Waals surface area contributed by atoms with E-state index in [-0.39, 0.29) is 24.3 Å². The molecule has 0 unspecified atom stereocenters. The summed E-state index contributed by atoms with van der Waals surface area (Å²) in [5, 5.41) is 6.29. The van der Waals surface area contributed by atoms with Crippen LogP contribution >= 0.6 is 23.1 Å². The minimum Gasteiger partial charge on any atom is -0.334 e. The van der Waals surface area contributed by atoms with Crippen LogP contribution in [0.4, 0.5) is 17.1 Å². The minimum absolute atomic E-state index is 0.259. The molecule has 0 fully saturated rings. The van der Waals surface area contributed by atoms with Gasteiger partial charge in [-0.05, 0) is 95.8 Å². The van der Waals surface area contributed by atoms with Crippen LogP contribution < -0.4 is 14.4 Å². The number of allylic oxidation sites excluding steroid dienone is 5. The van der Waals surface area contributed by atoms with Crippen LogP contribution in [0.5, 0.6) is 0 Å². The predicted octanol–water partition coefficient (Wildman–Crippen LogP) is 11.3. The molecule has 0 saturated heterocycles. The Morgan fingerprint density at radius 3 is 1.97 bits per heavy atom. The zero-order chi connectivity index (χ0) is 42.8. The van der Waals surface area contributed by atoms with Gasteiger partial charge in [0.25, 0.3) is 25.2 Å². The number of fused-ring (bicyclic) bond motifs is 6. The molecule has 6 aromatic carbocycles. The lowest BCUT2D eigenvalue weighted by Crippen LogP contribution is -2.36. The molecule has 9 nitrogen and oxygen atoms in total. The van der Waals surface area contributed by atoms with Crippen molar-refractivity contribution in [1.29, 1.82) is 0 Å². The van der Waals surface area contributed by atoms with Crippen molar-refractivity contribution in [3.63, 3.8) is 0 Å². The van der Waals surface area contributed by atoms with E-state index in [4.69, 9.17) is 0 Å². The fraction of sp³-hybridized carbons (Fsp3) is 0.163. The number of nitrogens with zero attached hydrogens (tertiary/aromatic N) is 3. The second kappa shape index (κ2) is 17.7. The molecule has 9 rings (SSSR count). The second-order valence-electron chi connectivity index (χ2n) is 15.3. The zero-order valence-corrected chi connectivity index (χ0v) is 36.9. The lowest BCUT2D eigenvalue weighted by molar-refractivity contribution is -0.667. The lowest BCUT2D eigenvalue weighted by atomic mass is 10.1. The molecule has 0 spiro atoms. The molecule has 0 amide bonds. The number of benzene rings is 6. The van der Waals surface area contributed by atoms with E-state index < -0.39 is 20.2 Å². The molecule has 0 radical (unpaired) electrons. The van der Waals surface area contributed by atoms with E-state index in [1.807, 2.05) is 60.7 Å². The van der Waals surface area contributed by atoms with Gasteiger partial charge in [-0.15, -0.1) is 0 Å². The summed E-state index contributed by atoms with van der Waals surface area (Å²) < 4.78 is 69.8. The van der Waals surface area contributed by atoms with Crippen molar-refractivity contribution in [1.82, 2.24) is 0 Å². The third-order valence-electron chi connectivity index (χ3n) is 11.2. The van der Waals surface area contributed by atoms with E-state index >= 15 is 0 Å². The molecule has 0 atom stereocenters. The van der Waals surface area contributed by atoms with Crippen LogP contribution in [0.2, 0.25) is 0 Å². The van der Waals surface area contributed by atoms with E-state index in [1.165, 1.54) is 0 Å². The van der Waals surface area contributed by atoms with E-state index in [1.54, 1.807) is 23.1 Å². The van der Waals surface area contributed by atoms with Crippen LogP contribution in [0.25, 0.3) is 37.8 Å². The first-order valence-electron chi connectivity index (χ1n) is 20.4. The summed E-state index contributed by atoms with van der Waals surface area (Å²) >= 11 is 3.31. The smallest absolute Gasteiger partial charge is 0.265 e. The van der Waals surface area contributed by atoms with E-state index in [9.17, 15) is 25.9 Å². The standard InChI is InChI=1S/C49H43N3O6S4/c53-61(54,55)33-11-31-50-45(59-43-27-23-35-13-7-9-19-41(35)48(43)50)29-25-37-21-22-38(47(37)52(39-15-3-1-4-16-39)40-17-5-2-6-18-40)26-30-46-51(32-12-34-62(56,57)58)49-42-20-10-8-14-36(42)24-28-44(49)60-46/h1-10,13-20,23-30H,11-12,21-22,31-34H2,(H-,53,54,55,56,57,58)/p+1. The number of anilines is 3. The summed E-state index contributed by atoms with van der Waals surface area (Å²) in [5.74, 6) is -0.657. The maximum Gasteiger partial charge on any atom is 0.265 e. The van der Waals surface area contributed by atoms with Gasteiger partial charge in [-0.1, -0.05) is 120 Å². The second-order valence-corrected chi connectivity index (χ2v) is 20.6. The van der Waals surface area contributed by atoms with Crippen LogP contribution in [-0.2, 0) is 26.8 Å². The average molecular weight is 899 g/mol. The summed E-state index contributed by atoms with van der Waals surface area (Å²) in [4.78, 5) is 5.58. The summed E-state index contributed by atoms with van der Waals surface area (Å²) in [6, 6.07) is 45.5. The molecule has 1 aromatic heterocycles. The SMILES string of the molecule is O=S(=O)(O)CCCN1C(=CC=C2CCC(C=Cc3sc4ccc5ccccc5c4[n+]3CCCS(=O)(=O)O)=C2N(c2ccccc2)c2ccccc2)Sc2ccc3ccccc3c21. The number of hydrogen-bond acceptors (Lipinski definition) is 8. The molecule has 314 valence electrons. The third kappa shape index (κ3) is 9.01. The van der Waals surface area contributed by atoms with Crippen molar-refractivity contribution >= 4 is 98.2 Å². The van der Waals surface area contributed by atoms with Gasteiger partial charge in [0.2, 0.25) is 5.52 Å². The molecule has 2 N–H and O–H groups in total. The molecule has 2 heterocycles. The van der Waals surface area contributed by atoms with E-state index in [2.05, 4.69) is 111 Å². The van der Waals surface area contributed by atoms with Gasteiger partial charge in [-0.2, -0.15) is 21.4 Å². The van der Waals surface area contributed by atoms with Crippen LogP contribution in [0.1, 0.15) is 30.7 Å². The summed E-state index contributed by atoms with van der Waals surface area (Å²) in [7, 11) is -8.26. The fourth-order valence-corrected chi connectivity index (χ4v) is 11.7. The predicted molar refractivity (Wildman–Crippen MR) is 255 cm³/mol. The highest BCUT2D eigenvalue weighted by Crippen LogP contribution is 2.50. The third-order valence-corrected chi connectivity index (χ3v) is 15.0. The van der Waals surface area contributed by atoms with Gasteiger partial charge < -0.3 is 9.80 Å². The topological polar surface area (TPSA) is 119 Å². The lowest BCUT2D eigenvalue weighted by Gasteiger charge is -2.28. The molecular formula is C49H44N3O6S4+. The van der Waals surface area contributed by atoms with Crippen molar-refractivity contribution in [2.45, 2.75) is 37.1 Å². The van der Waals surface area contributed by atoms with Crippen LogP contribution in [0.15, 0.2) is 178 Å². The molecule has 62 heavy (non-hydrogen) atoms. The largest absolute Gasteiger partial charge is 0.334 e. The molecule has 0 saturated carbocycles. The van der Waals surface area contributed by atoms with Crippen molar-refractivity contribution in [3.05, 3.63) is 179 Å². The van der Waals surface area contributed by atoms with E-state index in [0.29, 0.717) is 13.1 Å². The van der Waals surface area contributed by atoms with Gasteiger partial charge in [0.1, 0.15) is 4.70 Å². The Labute approximate surface area is 370 Å². The fourth-order valence-electron chi connectivity index (χ4n) is 8.48. The number of aromatic nitrogens is 1. The average Bonchev–Trinajstić information content (AvgIpc) is 3.95. The highest BCUT2D eigenvalue weighted by Gasteiger charge is 2.30. The highest BCUT2D eigenvalue weighted by atomic mass is 32.2. The Balaban J connectivity index is 1.18. The molecule has 13 heteroatoms. The molecule has 1 aliphatic carbocycles. The monoisotopic (exact) mass is 898 g/mol. The Bertz CT molecular complexity index is 3140. The number of hydrogen-bond donors (Lipinski definition) is 2. The maximum absolute atomic E-state index is 11.8. The number of aryl methyl sites for hydroxylation is 1. The minimum atomic E-state index is -4.13. The number of thioether (sulfide) groups is 1. The Morgan fingerprint density at radius 1 is 0.661 bits per heavy atom. The van der Waals surface area contributed by atoms with Gasteiger partial charge in [0.15, 0.2) is 6.54 Å². The zero-order valence-electron chi connectivity index (χ0n) is 33.7. The van der Waals surface area contributed by atoms with Crippen LogP contribution in [0, 0.1) is 0 Å². The van der Waals surface area contributed by atoms with E-state index in [0.717, 1.165) is 93.4 Å². The summed E-state index contributed by atoms with van der Waals surface area (Å²) in [6.07, 6.45) is 10.7. The van der Waals surface area contributed by atoms with Gasteiger partial charge in [-0.3, -0.25) is 9.11 Å². The van der Waals surface area contributed by atoms with Gasteiger partial charge in [-0.25, -0.2) is 0 Å². The number of para-hydroxylation sites is 2. The summed E-state index contributed by atoms with van der Waals surface area (Å²) in [6.45, 7) is 0.822. The Hall–Kier alpha value is -5.54. The first-order valence-corrected chi connectivity index (χ1v) is 25.3. The molecule has 1 aliphatic heterocycles. The van der Waals surface area contributed by atoms with Crippen molar-refractivity contribution < 1.29 is 30.5 Å². The number of rotatable bonds is 14. The molecular weight excluding hydrogens is 855 g/mol. The molecule has 2 aliphatic rings. The first kappa shape index (κ1) is 41.8. The van der Waals surface area contributed by atoms with Gasteiger partial charge >= 0.3 is 0 Å². The molecule has 7 aromatic rings. The quantitative estimate of drug-likeness (QED) is 0.0812. The van der Waals surface area contributed by atoms with Crippen LogP contribution in [-0.4, -0.2) is 44.0 Å². The Morgan fingerprint density at radius 2 is 1.27 bits per heavy atom. The van der Waals surface area contributed by atoms with Crippen molar-refractivity contribution in [2.75, 3.05) is 27.9 Å². The normalized spacial score (nSPS) is 15.9. The number of thiazole rings is 1.